The van der Waals surface area contributed by atoms with E-state index in [0.29, 0.717) is 27.3 Å². The average molecular weight is 426 g/mol. The van der Waals surface area contributed by atoms with E-state index in [4.69, 9.17) is 27.9 Å². The van der Waals surface area contributed by atoms with E-state index in [0.717, 1.165) is 11.0 Å². The van der Waals surface area contributed by atoms with Crippen LogP contribution in [-0.4, -0.2) is 15.5 Å². The smallest absolute Gasteiger partial charge is 0.244 e. The minimum absolute atomic E-state index is 0.0915. The number of carbonyl (C=O) groups is 1. The quantitative estimate of drug-likeness (QED) is 0.439. The highest BCUT2D eigenvalue weighted by Gasteiger charge is 2.15. The summed E-state index contributed by atoms with van der Waals surface area (Å²) >= 11 is 12.2. The van der Waals surface area contributed by atoms with Gasteiger partial charge in [0.05, 0.1) is 16.1 Å². The standard InChI is InChI=1S/C22H17Cl2N3O2/c23-15-6-5-7-16(12-15)25-22(28)13-27-19-10-3-2-9-18(19)26-21(27)14-29-20-11-4-1-8-17(20)24/h1-12H,13-14H2,(H,25,28). The van der Waals surface area contributed by atoms with Gasteiger partial charge in [0.15, 0.2) is 0 Å². The third-order valence-electron chi connectivity index (χ3n) is 4.34. The number of anilines is 1. The molecule has 3 aromatic carbocycles. The molecule has 0 spiro atoms. The van der Waals surface area contributed by atoms with Crippen molar-refractivity contribution in [1.82, 2.24) is 9.55 Å². The minimum atomic E-state index is -0.186. The van der Waals surface area contributed by atoms with Gasteiger partial charge in [0.1, 0.15) is 24.7 Å². The van der Waals surface area contributed by atoms with Crippen molar-refractivity contribution in [2.75, 3.05) is 5.32 Å². The van der Waals surface area contributed by atoms with E-state index >= 15 is 0 Å². The summed E-state index contributed by atoms with van der Waals surface area (Å²) in [6.07, 6.45) is 0. The van der Waals surface area contributed by atoms with Crippen LogP contribution >= 0.6 is 23.2 Å². The van der Waals surface area contributed by atoms with Crippen LogP contribution in [0.3, 0.4) is 0 Å². The van der Waals surface area contributed by atoms with Crippen molar-refractivity contribution in [2.45, 2.75) is 13.2 Å². The van der Waals surface area contributed by atoms with Crippen LogP contribution in [0.25, 0.3) is 11.0 Å². The molecule has 1 amide bonds. The molecule has 0 fully saturated rings. The molecule has 0 bridgehead atoms. The number of para-hydroxylation sites is 3. The fourth-order valence-electron chi connectivity index (χ4n) is 3.03. The molecule has 1 N–H and O–H groups in total. The zero-order valence-corrected chi connectivity index (χ0v) is 16.8. The summed E-state index contributed by atoms with van der Waals surface area (Å²) in [7, 11) is 0. The van der Waals surface area contributed by atoms with Crippen molar-refractivity contribution in [3.05, 3.63) is 88.7 Å². The van der Waals surface area contributed by atoms with Gasteiger partial charge in [-0.3, -0.25) is 4.79 Å². The number of amides is 1. The van der Waals surface area contributed by atoms with E-state index in [-0.39, 0.29) is 19.1 Å². The lowest BCUT2D eigenvalue weighted by Gasteiger charge is -2.12. The van der Waals surface area contributed by atoms with Gasteiger partial charge in [-0.1, -0.05) is 53.5 Å². The number of rotatable bonds is 6. The molecule has 146 valence electrons. The molecule has 1 heterocycles. The summed E-state index contributed by atoms with van der Waals surface area (Å²) in [5.74, 6) is 1.01. The fourth-order valence-corrected chi connectivity index (χ4v) is 3.41. The topological polar surface area (TPSA) is 56.2 Å². The molecular weight excluding hydrogens is 409 g/mol. The van der Waals surface area contributed by atoms with Crippen LogP contribution in [0, 0.1) is 0 Å². The number of halogens is 2. The number of fused-ring (bicyclic) bond motifs is 1. The summed E-state index contributed by atoms with van der Waals surface area (Å²) < 4.78 is 7.68. The molecular formula is C22H17Cl2N3O2. The molecule has 0 aliphatic carbocycles. The van der Waals surface area contributed by atoms with Crippen molar-refractivity contribution in [3.8, 4) is 5.75 Å². The number of nitrogens with one attached hydrogen (secondary N) is 1. The van der Waals surface area contributed by atoms with E-state index in [9.17, 15) is 4.79 Å². The highest BCUT2D eigenvalue weighted by atomic mass is 35.5. The molecule has 0 aliphatic heterocycles. The zero-order chi connectivity index (χ0) is 20.2. The van der Waals surface area contributed by atoms with Gasteiger partial charge in [-0.2, -0.15) is 0 Å². The lowest BCUT2D eigenvalue weighted by atomic mass is 10.3. The molecule has 0 radical (unpaired) electrons. The monoisotopic (exact) mass is 425 g/mol. The van der Waals surface area contributed by atoms with Gasteiger partial charge in [0.2, 0.25) is 5.91 Å². The van der Waals surface area contributed by atoms with Crippen molar-refractivity contribution < 1.29 is 9.53 Å². The van der Waals surface area contributed by atoms with Gasteiger partial charge >= 0.3 is 0 Å². The van der Waals surface area contributed by atoms with Gasteiger partial charge in [0.25, 0.3) is 0 Å². The Morgan fingerprint density at radius 2 is 1.79 bits per heavy atom. The predicted molar refractivity (Wildman–Crippen MR) is 116 cm³/mol. The second kappa shape index (κ2) is 8.55. The first-order chi connectivity index (χ1) is 14.1. The van der Waals surface area contributed by atoms with Crippen molar-refractivity contribution in [3.63, 3.8) is 0 Å². The fraction of sp³-hybridized carbons (Fsp3) is 0.0909. The number of imidazole rings is 1. The van der Waals surface area contributed by atoms with E-state index in [1.807, 2.05) is 41.0 Å². The van der Waals surface area contributed by atoms with Crippen LogP contribution < -0.4 is 10.1 Å². The number of benzene rings is 3. The molecule has 0 atom stereocenters. The van der Waals surface area contributed by atoms with Crippen LogP contribution in [0.2, 0.25) is 10.0 Å². The summed E-state index contributed by atoms with van der Waals surface area (Å²) in [6.45, 7) is 0.275. The number of ether oxygens (including phenoxy) is 1. The number of hydrogen-bond acceptors (Lipinski definition) is 3. The van der Waals surface area contributed by atoms with Crippen molar-refractivity contribution >= 4 is 45.8 Å². The lowest BCUT2D eigenvalue weighted by Crippen LogP contribution is -2.20. The Kier molecular flexibility index (Phi) is 5.69. The first-order valence-electron chi connectivity index (χ1n) is 8.97. The third-order valence-corrected chi connectivity index (χ3v) is 4.88. The SMILES string of the molecule is O=C(Cn1c(COc2ccccc2Cl)nc2ccccc21)Nc1cccc(Cl)c1. The Labute approximate surface area is 177 Å². The number of aromatic nitrogens is 2. The maximum Gasteiger partial charge on any atom is 0.244 e. The molecule has 0 saturated carbocycles. The summed E-state index contributed by atoms with van der Waals surface area (Å²) in [5, 5.41) is 3.94. The second-order valence-corrected chi connectivity index (χ2v) is 7.22. The Hall–Kier alpha value is -3.02. The Bertz CT molecular complexity index is 1170. The van der Waals surface area contributed by atoms with Crippen molar-refractivity contribution in [1.29, 1.82) is 0 Å². The highest BCUT2D eigenvalue weighted by molar-refractivity contribution is 6.32. The van der Waals surface area contributed by atoms with Crippen LogP contribution in [0.5, 0.6) is 5.75 Å². The molecule has 5 nitrogen and oxygen atoms in total. The van der Waals surface area contributed by atoms with E-state index in [1.165, 1.54) is 0 Å². The Balaban J connectivity index is 1.58. The normalized spacial score (nSPS) is 10.8. The average Bonchev–Trinajstić information content (AvgIpc) is 3.05. The lowest BCUT2D eigenvalue weighted by molar-refractivity contribution is -0.116. The minimum Gasteiger partial charge on any atom is -0.484 e. The number of carbonyl (C=O) groups excluding carboxylic acids is 1. The van der Waals surface area contributed by atoms with Gasteiger partial charge in [0, 0.05) is 10.7 Å². The maximum absolute atomic E-state index is 12.7. The molecule has 1 aromatic heterocycles. The molecule has 4 aromatic rings. The molecule has 0 aliphatic rings. The maximum atomic E-state index is 12.7. The van der Waals surface area contributed by atoms with Gasteiger partial charge < -0.3 is 14.6 Å². The molecule has 0 unspecified atom stereocenters. The zero-order valence-electron chi connectivity index (χ0n) is 15.3. The first kappa shape index (κ1) is 19.3. The third kappa shape index (κ3) is 4.53. The number of hydrogen-bond donors (Lipinski definition) is 1. The van der Waals surface area contributed by atoms with Crippen LogP contribution in [0.15, 0.2) is 72.8 Å². The molecule has 29 heavy (non-hydrogen) atoms. The largest absolute Gasteiger partial charge is 0.484 e. The van der Waals surface area contributed by atoms with Gasteiger partial charge in [-0.25, -0.2) is 4.98 Å². The highest BCUT2D eigenvalue weighted by Crippen LogP contribution is 2.25. The summed E-state index contributed by atoms with van der Waals surface area (Å²) in [6, 6.07) is 21.9. The van der Waals surface area contributed by atoms with Crippen molar-refractivity contribution in [2.24, 2.45) is 0 Å². The Morgan fingerprint density at radius 3 is 2.62 bits per heavy atom. The number of nitrogens with zero attached hydrogens (tertiary/aromatic N) is 2. The summed E-state index contributed by atoms with van der Waals surface area (Å²) in [4.78, 5) is 17.3. The van der Waals surface area contributed by atoms with Crippen LogP contribution in [0.1, 0.15) is 5.82 Å². The Morgan fingerprint density at radius 1 is 1.00 bits per heavy atom. The van der Waals surface area contributed by atoms with Gasteiger partial charge in [-0.05, 0) is 42.5 Å². The van der Waals surface area contributed by atoms with Gasteiger partial charge in [-0.15, -0.1) is 0 Å². The molecule has 4 rings (SSSR count). The second-order valence-electron chi connectivity index (χ2n) is 6.38. The molecule has 0 saturated heterocycles. The molecule has 7 heteroatoms. The van der Waals surface area contributed by atoms with E-state index in [1.54, 1.807) is 36.4 Å². The van der Waals surface area contributed by atoms with E-state index in [2.05, 4.69) is 10.3 Å². The van der Waals surface area contributed by atoms with E-state index < -0.39 is 0 Å². The summed E-state index contributed by atoms with van der Waals surface area (Å²) in [5.41, 5.74) is 2.29. The first-order valence-corrected chi connectivity index (χ1v) is 9.72. The predicted octanol–water partition coefficient (Wildman–Crippen LogP) is 5.56. The van der Waals surface area contributed by atoms with Crippen LogP contribution in [0.4, 0.5) is 5.69 Å². The van der Waals surface area contributed by atoms with Crippen LogP contribution in [-0.2, 0) is 17.9 Å².